The molecule has 0 fully saturated rings. The molecular weight excluding hydrogens is 266 g/mol. The molecule has 0 saturated carbocycles. The number of thiazole rings is 1. The first-order valence-corrected chi connectivity index (χ1v) is 6.35. The molecule has 0 radical (unpaired) electrons. The van der Waals surface area contributed by atoms with Crippen LogP contribution in [0.15, 0.2) is 30.3 Å². The minimum atomic E-state index is -0.232. The maximum Gasteiger partial charge on any atom is 0.222 e. The molecule has 0 spiro atoms. The standard InChI is InChI=1S/C12H9N3OS2/c1-8(16)14-11-10(7-13)18-12(17)15(11)9-5-3-2-4-6-9/h2-6H,1H3,(H,14,16). The molecule has 0 aliphatic heterocycles. The van der Waals surface area contributed by atoms with E-state index in [2.05, 4.69) is 5.32 Å². The van der Waals surface area contributed by atoms with Gasteiger partial charge in [-0.2, -0.15) is 5.26 Å². The lowest BCUT2D eigenvalue weighted by molar-refractivity contribution is -0.114. The van der Waals surface area contributed by atoms with Gasteiger partial charge in [0.2, 0.25) is 5.91 Å². The van der Waals surface area contributed by atoms with Crippen molar-refractivity contribution in [2.75, 3.05) is 5.32 Å². The Morgan fingerprint density at radius 2 is 2.11 bits per heavy atom. The van der Waals surface area contributed by atoms with Gasteiger partial charge < -0.3 is 5.32 Å². The molecule has 6 heteroatoms. The van der Waals surface area contributed by atoms with Gasteiger partial charge in [0, 0.05) is 12.6 Å². The van der Waals surface area contributed by atoms with Gasteiger partial charge in [0.1, 0.15) is 16.8 Å². The van der Waals surface area contributed by atoms with Crippen LogP contribution in [0.1, 0.15) is 11.8 Å². The fraction of sp³-hybridized carbons (Fsp3) is 0.0833. The fourth-order valence-electron chi connectivity index (χ4n) is 1.54. The second kappa shape index (κ2) is 5.12. The molecule has 2 rings (SSSR count). The number of amides is 1. The van der Waals surface area contributed by atoms with Crippen LogP contribution < -0.4 is 5.32 Å². The number of rotatable bonds is 2. The lowest BCUT2D eigenvalue weighted by Crippen LogP contribution is -2.11. The highest BCUT2D eigenvalue weighted by Gasteiger charge is 2.14. The maximum atomic E-state index is 11.2. The number of carbonyl (C=O) groups is 1. The molecule has 1 heterocycles. The lowest BCUT2D eigenvalue weighted by Gasteiger charge is -2.08. The third-order valence-corrected chi connectivity index (χ3v) is 3.50. The molecule has 90 valence electrons. The fourth-order valence-corrected chi connectivity index (χ4v) is 2.73. The van der Waals surface area contributed by atoms with E-state index in [-0.39, 0.29) is 5.91 Å². The van der Waals surface area contributed by atoms with Crippen LogP contribution in [0.2, 0.25) is 0 Å². The zero-order chi connectivity index (χ0) is 13.1. The van der Waals surface area contributed by atoms with Gasteiger partial charge in [-0.3, -0.25) is 9.36 Å². The number of nitrogens with one attached hydrogen (secondary N) is 1. The van der Waals surface area contributed by atoms with Crippen LogP contribution >= 0.6 is 23.6 Å². The van der Waals surface area contributed by atoms with Crippen molar-refractivity contribution in [2.24, 2.45) is 0 Å². The van der Waals surface area contributed by atoms with Gasteiger partial charge in [-0.25, -0.2) is 0 Å². The minimum Gasteiger partial charge on any atom is -0.310 e. The molecule has 1 aromatic heterocycles. The number of anilines is 1. The lowest BCUT2D eigenvalue weighted by atomic mass is 10.3. The topological polar surface area (TPSA) is 57.8 Å². The monoisotopic (exact) mass is 275 g/mol. The van der Waals surface area contributed by atoms with Crippen LogP contribution in [0, 0.1) is 15.3 Å². The SMILES string of the molecule is CC(=O)Nc1c(C#N)sc(=S)n1-c1ccccc1. The number of nitriles is 1. The molecule has 0 unspecified atom stereocenters. The minimum absolute atomic E-state index is 0.232. The van der Waals surface area contributed by atoms with Crippen LogP contribution in [0.4, 0.5) is 5.82 Å². The summed E-state index contributed by atoms with van der Waals surface area (Å²) in [4.78, 5) is 11.6. The third-order valence-electron chi connectivity index (χ3n) is 2.22. The predicted molar refractivity (Wildman–Crippen MR) is 73.5 cm³/mol. The molecule has 0 aliphatic rings. The Labute approximate surface area is 113 Å². The van der Waals surface area contributed by atoms with Crippen molar-refractivity contribution in [3.63, 3.8) is 0 Å². The molecule has 1 aromatic carbocycles. The summed E-state index contributed by atoms with van der Waals surface area (Å²) in [6.07, 6.45) is 0. The average molecular weight is 275 g/mol. The quantitative estimate of drug-likeness (QED) is 0.857. The molecule has 0 saturated heterocycles. The van der Waals surface area contributed by atoms with E-state index in [0.29, 0.717) is 14.6 Å². The summed E-state index contributed by atoms with van der Waals surface area (Å²) < 4.78 is 2.22. The Kier molecular flexibility index (Phi) is 3.55. The van der Waals surface area contributed by atoms with Gasteiger partial charge in [-0.1, -0.05) is 29.5 Å². The average Bonchev–Trinajstić information content (AvgIpc) is 2.66. The van der Waals surface area contributed by atoms with E-state index in [1.54, 1.807) is 4.57 Å². The highest BCUT2D eigenvalue weighted by Crippen LogP contribution is 2.27. The third kappa shape index (κ3) is 2.32. The first-order chi connectivity index (χ1) is 8.63. The summed E-state index contributed by atoms with van der Waals surface area (Å²) in [7, 11) is 0. The Morgan fingerprint density at radius 3 is 2.67 bits per heavy atom. The van der Waals surface area contributed by atoms with Crippen molar-refractivity contribution in [2.45, 2.75) is 6.92 Å². The van der Waals surface area contributed by atoms with Crippen molar-refractivity contribution < 1.29 is 4.79 Å². The smallest absolute Gasteiger partial charge is 0.222 e. The Balaban J connectivity index is 2.67. The van der Waals surface area contributed by atoms with E-state index in [4.69, 9.17) is 17.5 Å². The van der Waals surface area contributed by atoms with E-state index in [1.807, 2.05) is 36.4 Å². The van der Waals surface area contributed by atoms with Gasteiger partial charge >= 0.3 is 0 Å². The highest BCUT2D eigenvalue weighted by molar-refractivity contribution is 7.73. The second-order valence-electron chi connectivity index (χ2n) is 3.51. The van der Waals surface area contributed by atoms with Gasteiger partial charge in [-0.05, 0) is 24.4 Å². The Bertz CT molecular complexity index is 680. The predicted octanol–water partition coefficient (Wildman–Crippen LogP) is 3.10. The van der Waals surface area contributed by atoms with E-state index >= 15 is 0 Å². The number of hydrogen-bond donors (Lipinski definition) is 1. The molecule has 1 amide bonds. The molecule has 1 N–H and O–H groups in total. The molecule has 4 nitrogen and oxygen atoms in total. The first-order valence-electron chi connectivity index (χ1n) is 5.12. The Morgan fingerprint density at radius 1 is 1.44 bits per heavy atom. The highest BCUT2D eigenvalue weighted by atomic mass is 32.1. The molecule has 0 bridgehead atoms. The number of benzene rings is 1. The van der Waals surface area contributed by atoms with Gasteiger partial charge in [0.25, 0.3) is 0 Å². The summed E-state index contributed by atoms with van der Waals surface area (Å²) in [5.41, 5.74) is 0.823. The van der Waals surface area contributed by atoms with Crippen molar-refractivity contribution in [1.82, 2.24) is 4.57 Å². The molecule has 0 aliphatic carbocycles. The normalized spacial score (nSPS) is 9.78. The van der Waals surface area contributed by atoms with Crippen LogP contribution in [0.5, 0.6) is 0 Å². The van der Waals surface area contributed by atoms with Crippen molar-refractivity contribution >= 4 is 35.3 Å². The van der Waals surface area contributed by atoms with Gasteiger partial charge in [0.15, 0.2) is 3.95 Å². The van der Waals surface area contributed by atoms with Crippen LogP contribution in [0.25, 0.3) is 5.69 Å². The first kappa shape index (κ1) is 12.5. The van der Waals surface area contributed by atoms with Gasteiger partial charge in [-0.15, -0.1) is 0 Å². The van der Waals surface area contributed by atoms with Gasteiger partial charge in [0.05, 0.1) is 0 Å². The Hall–Kier alpha value is -1.97. The summed E-state index contributed by atoms with van der Waals surface area (Å²) in [6, 6.07) is 11.4. The van der Waals surface area contributed by atoms with Crippen LogP contribution in [0.3, 0.4) is 0 Å². The van der Waals surface area contributed by atoms with Crippen molar-refractivity contribution in [3.8, 4) is 11.8 Å². The number of carbonyl (C=O) groups excluding carboxylic acids is 1. The molecule has 0 atom stereocenters. The number of hydrogen-bond acceptors (Lipinski definition) is 4. The summed E-state index contributed by atoms with van der Waals surface area (Å²) in [5.74, 6) is 0.204. The zero-order valence-corrected chi connectivity index (χ0v) is 11.1. The summed E-state index contributed by atoms with van der Waals surface area (Å²) in [5, 5.41) is 11.7. The molecule has 2 aromatic rings. The second-order valence-corrected chi connectivity index (χ2v) is 5.15. The van der Waals surface area contributed by atoms with Crippen LogP contribution in [-0.4, -0.2) is 10.5 Å². The number of para-hydroxylation sites is 1. The molecule has 18 heavy (non-hydrogen) atoms. The zero-order valence-electron chi connectivity index (χ0n) is 9.51. The van der Waals surface area contributed by atoms with Crippen LogP contribution in [-0.2, 0) is 4.79 Å². The van der Waals surface area contributed by atoms with E-state index < -0.39 is 0 Å². The van der Waals surface area contributed by atoms with E-state index in [0.717, 1.165) is 5.69 Å². The van der Waals surface area contributed by atoms with E-state index in [1.165, 1.54) is 18.3 Å². The molecular formula is C12H9N3OS2. The van der Waals surface area contributed by atoms with Crippen molar-refractivity contribution in [3.05, 3.63) is 39.2 Å². The number of aromatic nitrogens is 1. The largest absolute Gasteiger partial charge is 0.310 e. The maximum absolute atomic E-state index is 11.2. The number of nitrogens with zero attached hydrogens (tertiary/aromatic N) is 2. The van der Waals surface area contributed by atoms with E-state index in [9.17, 15) is 4.79 Å². The summed E-state index contributed by atoms with van der Waals surface area (Å²) in [6.45, 7) is 1.40. The summed E-state index contributed by atoms with van der Waals surface area (Å²) >= 11 is 6.42. The van der Waals surface area contributed by atoms with Crippen molar-refractivity contribution in [1.29, 1.82) is 5.26 Å².